The molecule has 1 aromatic heterocycles. The molecule has 4 heteroatoms. The Morgan fingerprint density at radius 3 is 2.50 bits per heavy atom. The van der Waals surface area contributed by atoms with Gasteiger partial charge in [0.15, 0.2) is 0 Å². The van der Waals surface area contributed by atoms with Crippen LogP contribution in [0.25, 0.3) is 0 Å². The summed E-state index contributed by atoms with van der Waals surface area (Å²) in [6.45, 7) is 11.6. The summed E-state index contributed by atoms with van der Waals surface area (Å²) in [4.78, 5) is 14.5. The Kier molecular flexibility index (Phi) is 4.69. The zero-order chi connectivity index (χ0) is 16.4. The molecule has 0 bridgehead atoms. The number of hydrogen-bond acceptors (Lipinski definition) is 2. The summed E-state index contributed by atoms with van der Waals surface area (Å²) in [5, 5.41) is 4.52. The molecule has 2 rings (SSSR count). The maximum Gasteiger partial charge on any atom is 0.254 e. The topological polar surface area (TPSA) is 38.1 Å². The van der Waals surface area contributed by atoms with Gasteiger partial charge in [-0.05, 0) is 46.2 Å². The van der Waals surface area contributed by atoms with Gasteiger partial charge in [0.2, 0.25) is 0 Å². The highest BCUT2D eigenvalue weighted by Gasteiger charge is 2.18. The van der Waals surface area contributed by atoms with Gasteiger partial charge in [0.25, 0.3) is 5.91 Å². The Bertz CT molecular complexity index is 701. The van der Waals surface area contributed by atoms with Crippen LogP contribution in [0, 0.1) is 27.7 Å². The van der Waals surface area contributed by atoms with Gasteiger partial charge in [-0.3, -0.25) is 9.48 Å². The van der Waals surface area contributed by atoms with Gasteiger partial charge in [-0.25, -0.2) is 0 Å². The van der Waals surface area contributed by atoms with Crippen molar-refractivity contribution < 1.29 is 4.79 Å². The first kappa shape index (κ1) is 16.3. The molecule has 0 spiro atoms. The second kappa shape index (κ2) is 6.34. The molecule has 0 aliphatic heterocycles. The van der Waals surface area contributed by atoms with Gasteiger partial charge in [0, 0.05) is 37.0 Å². The lowest BCUT2D eigenvalue weighted by atomic mass is 10.0. The Morgan fingerprint density at radius 1 is 1.23 bits per heavy atom. The first-order valence-corrected chi connectivity index (χ1v) is 7.70. The lowest BCUT2D eigenvalue weighted by Crippen LogP contribution is -2.27. The Hall–Kier alpha value is -2.10. The van der Waals surface area contributed by atoms with Crippen molar-refractivity contribution in [3.8, 4) is 0 Å². The first-order valence-electron chi connectivity index (χ1n) is 7.70. The van der Waals surface area contributed by atoms with Crippen LogP contribution in [0.1, 0.15) is 45.4 Å². The van der Waals surface area contributed by atoms with Crippen molar-refractivity contribution in [2.45, 2.75) is 47.7 Å². The van der Waals surface area contributed by atoms with E-state index in [0.717, 1.165) is 40.2 Å². The van der Waals surface area contributed by atoms with E-state index in [9.17, 15) is 4.79 Å². The zero-order valence-electron chi connectivity index (χ0n) is 14.4. The molecule has 4 nitrogen and oxygen atoms in total. The molecule has 118 valence electrons. The molecule has 0 aliphatic carbocycles. The molecule has 22 heavy (non-hydrogen) atoms. The minimum Gasteiger partial charge on any atom is -0.337 e. The summed E-state index contributed by atoms with van der Waals surface area (Å²) < 4.78 is 1.99. The van der Waals surface area contributed by atoms with E-state index in [0.29, 0.717) is 6.54 Å². The van der Waals surface area contributed by atoms with Crippen LogP contribution in [0.4, 0.5) is 0 Å². The highest BCUT2D eigenvalue weighted by atomic mass is 16.2. The third-order valence-corrected chi connectivity index (χ3v) is 4.20. The van der Waals surface area contributed by atoms with E-state index in [1.54, 1.807) is 4.90 Å². The standard InChI is InChI=1S/C18H25N3O/c1-7-21-15(5)17(14(4)19-21)11-20(6)18(22)16-10-12(2)8-9-13(16)3/h8-10H,7,11H2,1-6H3. The monoisotopic (exact) mass is 299 g/mol. The van der Waals surface area contributed by atoms with E-state index in [1.165, 1.54) is 0 Å². The van der Waals surface area contributed by atoms with Crippen molar-refractivity contribution in [1.82, 2.24) is 14.7 Å². The van der Waals surface area contributed by atoms with Crippen LogP contribution in [0.2, 0.25) is 0 Å². The summed E-state index contributed by atoms with van der Waals surface area (Å²) in [5.41, 5.74) is 6.18. The van der Waals surface area contributed by atoms with Gasteiger partial charge in [0.05, 0.1) is 5.69 Å². The molecule has 0 atom stereocenters. The fourth-order valence-corrected chi connectivity index (χ4v) is 2.75. The molecule has 0 radical (unpaired) electrons. The van der Waals surface area contributed by atoms with E-state index in [1.807, 2.05) is 50.7 Å². The van der Waals surface area contributed by atoms with Gasteiger partial charge < -0.3 is 4.90 Å². The Balaban J connectivity index is 2.25. The maximum absolute atomic E-state index is 12.7. The SMILES string of the molecule is CCn1nc(C)c(CN(C)C(=O)c2cc(C)ccc2C)c1C. The average Bonchev–Trinajstić information content (AvgIpc) is 2.76. The molecule has 1 heterocycles. The van der Waals surface area contributed by atoms with E-state index in [2.05, 4.69) is 18.9 Å². The number of hydrogen-bond donors (Lipinski definition) is 0. The summed E-state index contributed by atoms with van der Waals surface area (Å²) in [5.74, 6) is 0.0595. The van der Waals surface area contributed by atoms with Crippen LogP contribution in [0.15, 0.2) is 18.2 Å². The molecule has 1 aromatic carbocycles. The molecule has 1 amide bonds. The van der Waals surface area contributed by atoms with Gasteiger partial charge >= 0.3 is 0 Å². The molecule has 0 saturated carbocycles. The number of carbonyl (C=O) groups excluding carboxylic acids is 1. The number of aromatic nitrogens is 2. The van der Waals surface area contributed by atoms with Crippen molar-refractivity contribution >= 4 is 5.91 Å². The van der Waals surface area contributed by atoms with Crippen molar-refractivity contribution in [1.29, 1.82) is 0 Å². The number of carbonyl (C=O) groups is 1. The predicted molar refractivity (Wildman–Crippen MR) is 89.1 cm³/mol. The number of aryl methyl sites for hydroxylation is 4. The summed E-state index contributed by atoms with van der Waals surface area (Å²) in [6, 6.07) is 6.00. The molecular formula is C18H25N3O. The van der Waals surface area contributed by atoms with Gasteiger partial charge in [-0.15, -0.1) is 0 Å². The normalized spacial score (nSPS) is 10.8. The second-order valence-electron chi connectivity index (χ2n) is 5.94. The van der Waals surface area contributed by atoms with Crippen LogP contribution in [0.3, 0.4) is 0 Å². The minimum atomic E-state index is 0.0595. The number of amides is 1. The first-order chi connectivity index (χ1) is 10.3. The van der Waals surface area contributed by atoms with Crippen LogP contribution in [-0.4, -0.2) is 27.6 Å². The Labute approximate surface area is 132 Å². The summed E-state index contributed by atoms with van der Waals surface area (Å²) in [7, 11) is 1.85. The molecule has 0 unspecified atom stereocenters. The molecule has 0 fully saturated rings. The quantitative estimate of drug-likeness (QED) is 0.867. The molecular weight excluding hydrogens is 274 g/mol. The third kappa shape index (κ3) is 3.06. The van der Waals surface area contributed by atoms with E-state index in [4.69, 9.17) is 0 Å². The van der Waals surface area contributed by atoms with Crippen LogP contribution in [-0.2, 0) is 13.1 Å². The largest absolute Gasteiger partial charge is 0.337 e. The van der Waals surface area contributed by atoms with Crippen LogP contribution in [0.5, 0.6) is 0 Å². The van der Waals surface area contributed by atoms with E-state index >= 15 is 0 Å². The predicted octanol–water partition coefficient (Wildman–Crippen LogP) is 3.41. The fraction of sp³-hybridized carbons (Fsp3) is 0.444. The molecule has 2 aromatic rings. The lowest BCUT2D eigenvalue weighted by molar-refractivity contribution is 0.0784. The third-order valence-electron chi connectivity index (χ3n) is 4.20. The highest BCUT2D eigenvalue weighted by Crippen LogP contribution is 2.18. The van der Waals surface area contributed by atoms with E-state index in [-0.39, 0.29) is 5.91 Å². The highest BCUT2D eigenvalue weighted by molar-refractivity contribution is 5.95. The Morgan fingerprint density at radius 2 is 1.91 bits per heavy atom. The van der Waals surface area contributed by atoms with Crippen molar-refractivity contribution in [2.75, 3.05) is 7.05 Å². The smallest absolute Gasteiger partial charge is 0.254 e. The van der Waals surface area contributed by atoms with Crippen molar-refractivity contribution in [3.63, 3.8) is 0 Å². The lowest BCUT2D eigenvalue weighted by Gasteiger charge is -2.19. The van der Waals surface area contributed by atoms with Crippen molar-refractivity contribution in [2.24, 2.45) is 0 Å². The van der Waals surface area contributed by atoms with Crippen LogP contribution < -0.4 is 0 Å². The minimum absolute atomic E-state index is 0.0595. The molecule has 0 aliphatic rings. The molecule has 0 N–H and O–H groups in total. The van der Waals surface area contributed by atoms with E-state index < -0.39 is 0 Å². The fourth-order valence-electron chi connectivity index (χ4n) is 2.75. The van der Waals surface area contributed by atoms with Crippen LogP contribution >= 0.6 is 0 Å². The van der Waals surface area contributed by atoms with Crippen molar-refractivity contribution in [3.05, 3.63) is 51.8 Å². The summed E-state index contributed by atoms with van der Waals surface area (Å²) >= 11 is 0. The zero-order valence-corrected chi connectivity index (χ0v) is 14.4. The van der Waals surface area contributed by atoms with Gasteiger partial charge in [0.1, 0.15) is 0 Å². The van der Waals surface area contributed by atoms with Gasteiger partial charge in [-0.2, -0.15) is 5.10 Å². The average molecular weight is 299 g/mol. The van der Waals surface area contributed by atoms with Gasteiger partial charge in [-0.1, -0.05) is 17.7 Å². The number of benzene rings is 1. The summed E-state index contributed by atoms with van der Waals surface area (Å²) in [6.07, 6.45) is 0. The second-order valence-corrected chi connectivity index (χ2v) is 5.94. The number of rotatable bonds is 4. The maximum atomic E-state index is 12.7. The number of nitrogens with zero attached hydrogens (tertiary/aromatic N) is 3. The molecule has 0 saturated heterocycles.